The highest BCUT2D eigenvalue weighted by Crippen LogP contribution is 2.32. The van der Waals surface area contributed by atoms with Crippen molar-refractivity contribution in [1.82, 2.24) is 4.90 Å². The van der Waals surface area contributed by atoms with Crippen molar-refractivity contribution in [3.8, 4) is 0 Å². The molecule has 0 radical (unpaired) electrons. The molecule has 3 rings (SSSR count). The normalized spacial score (nSPS) is 24.9. The van der Waals surface area contributed by atoms with E-state index in [1.165, 1.54) is 24.5 Å². The van der Waals surface area contributed by atoms with E-state index in [4.69, 9.17) is 4.65 Å². The average Bonchev–Trinajstić information content (AvgIpc) is 2.79. The first kappa shape index (κ1) is 16.2. The van der Waals surface area contributed by atoms with Crippen LogP contribution in [0.15, 0.2) is 54.6 Å². The van der Waals surface area contributed by atoms with Gasteiger partial charge in [-0.05, 0) is 11.5 Å². The fourth-order valence-electron chi connectivity index (χ4n) is 2.94. The Balaban J connectivity index is 2.18. The van der Waals surface area contributed by atoms with Crippen LogP contribution in [0.5, 0.6) is 0 Å². The number of carbonyl (C=O) groups excluding carboxylic acids is 1. The maximum atomic E-state index is 15.8. The lowest BCUT2D eigenvalue weighted by atomic mass is 9.66. The summed E-state index contributed by atoms with van der Waals surface area (Å²) < 4.78 is 36.2. The zero-order chi connectivity index (χ0) is 17.3. The van der Waals surface area contributed by atoms with Crippen LogP contribution in [0, 0.1) is 5.82 Å². The molecule has 1 aliphatic rings. The van der Waals surface area contributed by atoms with Gasteiger partial charge in [0.1, 0.15) is 0 Å². The highest BCUT2D eigenvalue weighted by Gasteiger charge is 2.55. The molecule has 1 aliphatic heterocycles. The summed E-state index contributed by atoms with van der Waals surface area (Å²) in [5.41, 5.74) is 0.306. The molecule has 24 heavy (non-hydrogen) atoms. The molecule has 1 unspecified atom stereocenters. The topological polar surface area (TPSA) is 32.5 Å². The number of benzene rings is 2. The fourth-order valence-corrected chi connectivity index (χ4v) is 2.94. The van der Waals surface area contributed by atoms with Crippen molar-refractivity contribution in [3.05, 3.63) is 66.0 Å². The Bertz CT molecular complexity index is 798. The van der Waals surface area contributed by atoms with Crippen molar-refractivity contribution in [2.45, 2.75) is 6.04 Å². The van der Waals surface area contributed by atoms with Gasteiger partial charge in [0.25, 0.3) is 0 Å². The quantitative estimate of drug-likeness (QED) is 0.636. The molecule has 124 valence electrons. The third kappa shape index (κ3) is 2.66. The Morgan fingerprint density at radius 3 is 2.38 bits per heavy atom. The van der Waals surface area contributed by atoms with E-state index in [1.807, 2.05) is 0 Å². The summed E-state index contributed by atoms with van der Waals surface area (Å²) in [7, 11) is 3.39. The second-order valence-electron chi connectivity index (χ2n) is 5.95. The monoisotopic (exact) mass is 330 g/mol. The van der Waals surface area contributed by atoms with Gasteiger partial charge in [-0.1, -0.05) is 48.5 Å². The number of nitrogens with zero attached hydrogens (tertiary/aromatic N) is 2. The van der Waals surface area contributed by atoms with Crippen LogP contribution in [0.25, 0.3) is 0 Å². The molecule has 2 aromatic rings. The van der Waals surface area contributed by atoms with Crippen molar-refractivity contribution in [2.24, 2.45) is 0 Å². The van der Waals surface area contributed by atoms with Crippen LogP contribution >= 0.6 is 0 Å². The molecule has 4 nitrogen and oxygen atoms in total. The minimum Gasteiger partial charge on any atom is -0.619 e. The number of carbonyl (C=O) groups is 1. The highest BCUT2D eigenvalue weighted by atomic mass is 19.1. The minimum absolute atomic E-state index is 0.276. The molecule has 0 aliphatic carbocycles. The van der Waals surface area contributed by atoms with Gasteiger partial charge in [-0.2, -0.15) is 0 Å². The zero-order valence-electron chi connectivity index (χ0n) is 13.4. The molecule has 2 aromatic carbocycles. The van der Waals surface area contributed by atoms with E-state index in [0.717, 1.165) is 10.6 Å². The van der Waals surface area contributed by atoms with Gasteiger partial charge in [0.15, 0.2) is 12.4 Å². The van der Waals surface area contributed by atoms with E-state index < -0.39 is 24.6 Å². The van der Waals surface area contributed by atoms with Gasteiger partial charge in [-0.15, -0.1) is 0 Å². The number of rotatable bonds is 3. The molecule has 1 fully saturated rings. The van der Waals surface area contributed by atoms with E-state index in [0.29, 0.717) is 5.56 Å². The second-order valence-corrected chi connectivity index (χ2v) is 5.95. The van der Waals surface area contributed by atoms with Crippen LogP contribution < -0.4 is 5.46 Å². The molecule has 0 bridgehead atoms. The Labute approximate surface area is 139 Å². The van der Waals surface area contributed by atoms with Crippen LogP contribution in [-0.2, 0) is 9.45 Å². The highest BCUT2D eigenvalue weighted by molar-refractivity contribution is 6.76. The van der Waals surface area contributed by atoms with Gasteiger partial charge >= 0.3 is 12.7 Å². The molecule has 0 saturated carbocycles. The SMILES string of the molecule is CN(C)/C=[N+]1/[C@H](c2ccccc2)C(=O)O[B-]1(F)c1ccccc1F. The molecule has 0 spiro atoms. The summed E-state index contributed by atoms with van der Waals surface area (Å²) in [4.78, 5) is 14.0. The molecule has 1 saturated heterocycles. The summed E-state index contributed by atoms with van der Waals surface area (Å²) in [5, 5.41) is 0. The standard InChI is InChI=1S/C17H17BF2N2O2/c1-21(2)12-22-16(13-8-4-3-5-9-13)17(23)24-18(22,20)14-10-6-7-11-15(14)19/h3-12,16H,1-2H3/b22-12-/t16-,18?/m1/s1. The molecule has 0 aromatic heterocycles. The smallest absolute Gasteiger partial charge is 0.570 e. The average molecular weight is 330 g/mol. The molecule has 1 heterocycles. The van der Waals surface area contributed by atoms with E-state index in [1.54, 1.807) is 49.3 Å². The van der Waals surface area contributed by atoms with Gasteiger partial charge in [-0.3, -0.25) is 9.69 Å². The minimum atomic E-state index is -3.52. The Morgan fingerprint density at radius 2 is 1.75 bits per heavy atom. The van der Waals surface area contributed by atoms with Gasteiger partial charge in [0, 0.05) is 5.56 Å². The molecule has 0 N–H and O–H groups in total. The molecule has 2 atom stereocenters. The van der Waals surface area contributed by atoms with Crippen molar-refractivity contribution in [3.63, 3.8) is 0 Å². The van der Waals surface area contributed by atoms with Gasteiger partial charge in [0.05, 0.1) is 19.9 Å². The van der Waals surface area contributed by atoms with Crippen molar-refractivity contribution >= 4 is 24.5 Å². The van der Waals surface area contributed by atoms with E-state index >= 15 is 4.32 Å². The number of hydrogen-bond donors (Lipinski definition) is 0. The maximum Gasteiger partial charge on any atom is 0.570 e. The Kier molecular flexibility index (Phi) is 4.09. The van der Waals surface area contributed by atoms with E-state index in [9.17, 15) is 9.18 Å². The van der Waals surface area contributed by atoms with Gasteiger partial charge in [0.2, 0.25) is 0 Å². The van der Waals surface area contributed by atoms with Gasteiger partial charge < -0.3 is 13.5 Å². The summed E-state index contributed by atoms with van der Waals surface area (Å²) in [6.07, 6.45) is 1.43. The summed E-state index contributed by atoms with van der Waals surface area (Å²) in [5.74, 6) is -1.50. The van der Waals surface area contributed by atoms with Gasteiger partial charge in [-0.25, -0.2) is 4.39 Å². The fraction of sp³-hybridized carbons (Fsp3) is 0.176. The molecular formula is C17H17BF2N2O2. The number of halogens is 2. The third-order valence-corrected chi connectivity index (χ3v) is 3.95. The largest absolute Gasteiger partial charge is 0.619 e. The molecular weight excluding hydrogens is 313 g/mol. The van der Waals surface area contributed by atoms with Crippen LogP contribution in [0.1, 0.15) is 11.6 Å². The second kappa shape index (κ2) is 6.07. The molecule has 7 heteroatoms. The van der Waals surface area contributed by atoms with Crippen molar-refractivity contribution in [1.29, 1.82) is 0 Å². The van der Waals surface area contributed by atoms with Crippen LogP contribution in [0.3, 0.4) is 0 Å². The Hall–Kier alpha value is -2.70. The maximum absolute atomic E-state index is 15.8. The zero-order valence-corrected chi connectivity index (χ0v) is 13.4. The Morgan fingerprint density at radius 1 is 1.12 bits per heavy atom. The van der Waals surface area contributed by atoms with Crippen molar-refractivity contribution < 1.29 is 22.6 Å². The lowest BCUT2D eigenvalue weighted by Gasteiger charge is -2.27. The van der Waals surface area contributed by atoms with E-state index in [2.05, 4.69) is 0 Å². The third-order valence-electron chi connectivity index (χ3n) is 3.95. The summed E-state index contributed by atoms with van der Waals surface area (Å²) in [6.45, 7) is -3.52. The lowest BCUT2D eigenvalue weighted by molar-refractivity contribution is -0.438. The van der Waals surface area contributed by atoms with E-state index in [-0.39, 0.29) is 5.46 Å². The summed E-state index contributed by atoms with van der Waals surface area (Å²) in [6, 6.07) is 13.2. The predicted molar refractivity (Wildman–Crippen MR) is 88.2 cm³/mol. The summed E-state index contributed by atoms with van der Waals surface area (Å²) >= 11 is 0. The van der Waals surface area contributed by atoms with Crippen LogP contribution in [0.4, 0.5) is 8.71 Å². The number of hydrogen-bond acceptors (Lipinski definition) is 2. The molecule has 0 amide bonds. The lowest BCUT2D eigenvalue weighted by Crippen LogP contribution is -2.55. The van der Waals surface area contributed by atoms with Crippen LogP contribution in [-0.4, -0.2) is 42.6 Å². The van der Waals surface area contributed by atoms with Crippen LogP contribution in [0.2, 0.25) is 0 Å². The first-order valence-corrected chi connectivity index (χ1v) is 7.58. The first-order chi connectivity index (χ1) is 11.4. The first-order valence-electron chi connectivity index (χ1n) is 7.58. The predicted octanol–water partition coefficient (Wildman–Crippen LogP) is 1.84. The van der Waals surface area contributed by atoms with Crippen molar-refractivity contribution in [2.75, 3.05) is 14.1 Å².